The first-order valence-corrected chi connectivity index (χ1v) is 7.13. The van der Waals surface area contributed by atoms with Crippen LogP contribution < -0.4 is 10.1 Å². The number of methoxy groups -OCH3 is 1. The average Bonchev–Trinajstić information content (AvgIpc) is 3.14. The quantitative estimate of drug-likeness (QED) is 0.882. The van der Waals surface area contributed by atoms with Gasteiger partial charge in [-0.2, -0.15) is 0 Å². The first-order valence-electron chi connectivity index (χ1n) is 7.13. The highest BCUT2D eigenvalue weighted by molar-refractivity contribution is 5.26. The molecule has 2 atom stereocenters. The number of hydrogen-bond acceptors (Lipinski definition) is 4. The first kappa shape index (κ1) is 12.9. The van der Waals surface area contributed by atoms with E-state index in [0.717, 1.165) is 42.6 Å². The van der Waals surface area contributed by atoms with Crippen LogP contribution in [0.5, 0.6) is 5.75 Å². The van der Waals surface area contributed by atoms with E-state index in [1.54, 1.807) is 7.11 Å². The molecule has 0 amide bonds. The maximum absolute atomic E-state index is 5.84. The van der Waals surface area contributed by atoms with E-state index in [1.165, 1.54) is 12.8 Å². The Morgan fingerprint density at radius 1 is 1.37 bits per heavy atom. The molecule has 1 aromatic rings. The Kier molecular flexibility index (Phi) is 3.71. The maximum atomic E-state index is 5.84. The van der Waals surface area contributed by atoms with Gasteiger partial charge in [0.05, 0.1) is 18.9 Å². The van der Waals surface area contributed by atoms with Gasteiger partial charge in [-0.05, 0) is 32.1 Å². The summed E-state index contributed by atoms with van der Waals surface area (Å²) in [5.74, 6) is 1.67. The molecule has 19 heavy (non-hydrogen) atoms. The van der Waals surface area contributed by atoms with Crippen LogP contribution in [0.25, 0.3) is 0 Å². The Labute approximate surface area is 114 Å². The van der Waals surface area contributed by atoms with Crippen LogP contribution in [0, 0.1) is 12.8 Å². The number of aromatic nitrogens is 1. The Morgan fingerprint density at radius 2 is 2.21 bits per heavy atom. The molecule has 1 aliphatic carbocycles. The lowest BCUT2D eigenvalue weighted by Crippen LogP contribution is -2.37. The molecule has 0 bridgehead atoms. The van der Waals surface area contributed by atoms with Crippen molar-refractivity contribution in [2.75, 3.05) is 13.7 Å². The molecular weight excluding hydrogens is 240 g/mol. The zero-order valence-electron chi connectivity index (χ0n) is 11.7. The molecule has 0 aromatic carbocycles. The maximum Gasteiger partial charge on any atom is 0.122 e. The van der Waals surface area contributed by atoms with E-state index in [0.29, 0.717) is 12.1 Å². The van der Waals surface area contributed by atoms with Crippen molar-refractivity contribution in [2.45, 2.75) is 44.9 Å². The zero-order chi connectivity index (χ0) is 13.2. The number of ether oxygens (including phenoxy) is 2. The Hall–Kier alpha value is -1.13. The fourth-order valence-electron chi connectivity index (χ4n) is 2.87. The fourth-order valence-corrected chi connectivity index (χ4v) is 2.87. The number of nitrogens with zero attached hydrogens (tertiary/aromatic N) is 1. The fraction of sp³-hybridized carbons (Fsp3) is 0.667. The van der Waals surface area contributed by atoms with E-state index in [1.807, 2.05) is 19.1 Å². The van der Waals surface area contributed by atoms with Crippen molar-refractivity contribution >= 4 is 0 Å². The molecule has 4 heteroatoms. The minimum atomic E-state index is 0.423. The smallest absolute Gasteiger partial charge is 0.122 e. The summed E-state index contributed by atoms with van der Waals surface area (Å²) in [5, 5.41) is 3.60. The van der Waals surface area contributed by atoms with Gasteiger partial charge in [-0.15, -0.1) is 0 Å². The van der Waals surface area contributed by atoms with Gasteiger partial charge in [0.15, 0.2) is 0 Å². The summed E-state index contributed by atoms with van der Waals surface area (Å²) in [6.45, 7) is 3.68. The minimum Gasteiger partial charge on any atom is -0.497 e. The molecule has 2 aliphatic rings. The van der Waals surface area contributed by atoms with Crippen molar-refractivity contribution in [2.24, 2.45) is 5.92 Å². The molecule has 1 saturated carbocycles. The van der Waals surface area contributed by atoms with E-state index in [2.05, 4.69) is 10.3 Å². The second kappa shape index (κ2) is 5.47. The van der Waals surface area contributed by atoms with Crippen LogP contribution in [-0.2, 0) is 11.3 Å². The topological polar surface area (TPSA) is 43.4 Å². The summed E-state index contributed by atoms with van der Waals surface area (Å²) in [6.07, 6.45) is 4.20. The summed E-state index contributed by atoms with van der Waals surface area (Å²) in [5.41, 5.74) is 2.04. The Balaban J connectivity index is 1.60. The first-order chi connectivity index (χ1) is 9.26. The van der Waals surface area contributed by atoms with Gasteiger partial charge in [0.1, 0.15) is 5.75 Å². The van der Waals surface area contributed by atoms with Gasteiger partial charge in [-0.1, -0.05) is 0 Å². The number of hydrogen-bond donors (Lipinski definition) is 1. The van der Waals surface area contributed by atoms with Gasteiger partial charge >= 0.3 is 0 Å². The van der Waals surface area contributed by atoms with Crippen LogP contribution in [0.4, 0.5) is 0 Å². The van der Waals surface area contributed by atoms with Crippen molar-refractivity contribution in [3.05, 3.63) is 23.5 Å². The predicted octanol–water partition coefficient (Wildman–Crippen LogP) is 2.06. The monoisotopic (exact) mass is 262 g/mol. The van der Waals surface area contributed by atoms with Gasteiger partial charge in [0, 0.05) is 37.0 Å². The van der Waals surface area contributed by atoms with Gasteiger partial charge in [0.2, 0.25) is 0 Å². The van der Waals surface area contributed by atoms with Crippen LogP contribution in [-0.4, -0.2) is 30.8 Å². The lowest BCUT2D eigenvalue weighted by molar-refractivity contribution is 0.0808. The second-order valence-electron chi connectivity index (χ2n) is 5.59. The van der Waals surface area contributed by atoms with Gasteiger partial charge in [-0.25, -0.2) is 0 Å². The Bertz CT molecular complexity index is 446. The van der Waals surface area contributed by atoms with Crippen LogP contribution in [0.15, 0.2) is 12.1 Å². The molecule has 0 spiro atoms. The summed E-state index contributed by atoms with van der Waals surface area (Å²) >= 11 is 0. The van der Waals surface area contributed by atoms with E-state index in [9.17, 15) is 0 Å². The highest BCUT2D eigenvalue weighted by atomic mass is 16.5. The lowest BCUT2D eigenvalue weighted by atomic mass is 10.1. The van der Waals surface area contributed by atoms with Crippen molar-refractivity contribution in [1.82, 2.24) is 10.3 Å². The molecule has 1 saturated heterocycles. The van der Waals surface area contributed by atoms with Crippen LogP contribution in [0.3, 0.4) is 0 Å². The Morgan fingerprint density at radius 3 is 2.95 bits per heavy atom. The zero-order valence-corrected chi connectivity index (χ0v) is 11.7. The number of rotatable bonds is 5. The molecule has 1 N–H and O–H groups in total. The average molecular weight is 262 g/mol. The van der Waals surface area contributed by atoms with Crippen LogP contribution >= 0.6 is 0 Å². The standard InChI is InChI=1S/C15H22N2O2/c1-10-7-13(18-2)8-12(17-10)9-16-14-5-6-19-15(14)11-3-4-11/h7-8,11,14-16H,3-6,9H2,1-2H3. The molecule has 2 fully saturated rings. The van der Waals surface area contributed by atoms with E-state index >= 15 is 0 Å². The summed E-state index contributed by atoms with van der Waals surface area (Å²) in [6, 6.07) is 4.44. The number of pyridine rings is 1. The second-order valence-corrected chi connectivity index (χ2v) is 5.59. The van der Waals surface area contributed by atoms with E-state index in [4.69, 9.17) is 9.47 Å². The molecule has 104 valence electrons. The van der Waals surface area contributed by atoms with Crippen LogP contribution in [0.2, 0.25) is 0 Å². The molecule has 0 radical (unpaired) electrons. The lowest BCUT2D eigenvalue weighted by Gasteiger charge is -2.19. The third-order valence-electron chi connectivity index (χ3n) is 3.98. The SMILES string of the molecule is COc1cc(C)nc(CNC2CCOC2C2CC2)c1. The third kappa shape index (κ3) is 3.07. The summed E-state index contributed by atoms with van der Waals surface area (Å²) < 4.78 is 11.1. The number of aryl methyl sites for hydroxylation is 1. The third-order valence-corrected chi connectivity index (χ3v) is 3.98. The van der Waals surface area contributed by atoms with Gasteiger partial charge in [-0.3, -0.25) is 4.98 Å². The number of nitrogens with one attached hydrogen (secondary N) is 1. The molecule has 4 nitrogen and oxygen atoms in total. The van der Waals surface area contributed by atoms with E-state index in [-0.39, 0.29) is 0 Å². The highest BCUT2D eigenvalue weighted by Crippen LogP contribution is 2.38. The van der Waals surface area contributed by atoms with Crippen molar-refractivity contribution < 1.29 is 9.47 Å². The van der Waals surface area contributed by atoms with E-state index < -0.39 is 0 Å². The van der Waals surface area contributed by atoms with Crippen molar-refractivity contribution in [3.8, 4) is 5.75 Å². The summed E-state index contributed by atoms with van der Waals surface area (Å²) in [4.78, 5) is 4.54. The molecule has 2 heterocycles. The van der Waals surface area contributed by atoms with Gasteiger partial charge < -0.3 is 14.8 Å². The van der Waals surface area contributed by atoms with Crippen LogP contribution in [0.1, 0.15) is 30.7 Å². The molecule has 1 aromatic heterocycles. The largest absolute Gasteiger partial charge is 0.497 e. The highest BCUT2D eigenvalue weighted by Gasteiger charge is 2.40. The normalized spacial score (nSPS) is 26.6. The predicted molar refractivity (Wildman–Crippen MR) is 73.2 cm³/mol. The summed E-state index contributed by atoms with van der Waals surface area (Å²) in [7, 11) is 1.69. The molecule has 1 aliphatic heterocycles. The van der Waals surface area contributed by atoms with Crippen molar-refractivity contribution in [1.29, 1.82) is 0 Å². The molecule has 3 rings (SSSR count). The minimum absolute atomic E-state index is 0.423. The molecule has 2 unspecified atom stereocenters. The molecular formula is C15H22N2O2. The van der Waals surface area contributed by atoms with Gasteiger partial charge in [0.25, 0.3) is 0 Å². The van der Waals surface area contributed by atoms with Crippen molar-refractivity contribution in [3.63, 3.8) is 0 Å².